The van der Waals surface area contributed by atoms with Crippen LogP contribution in [-0.2, 0) is 14.0 Å². The Kier molecular flexibility index (Phi) is 3.75. The van der Waals surface area contributed by atoms with Crippen molar-refractivity contribution in [3.05, 3.63) is 32.6 Å². The molecule has 9 nitrogen and oxygen atoms in total. The molecular formula is C9H13N2O7P. The number of rotatable bonds is 3. The van der Waals surface area contributed by atoms with Crippen LogP contribution in [0.1, 0.15) is 11.8 Å². The van der Waals surface area contributed by atoms with Gasteiger partial charge in [-0.3, -0.25) is 18.9 Å². The van der Waals surface area contributed by atoms with E-state index >= 15 is 0 Å². The Morgan fingerprint density at radius 1 is 1.53 bits per heavy atom. The number of nitrogens with one attached hydrogen (secondary N) is 1. The minimum Gasteiger partial charge on any atom is -0.347 e. The molecular weight excluding hydrogens is 279 g/mol. The highest BCUT2D eigenvalue weighted by molar-refractivity contribution is 7.51. The number of H-pyrrole nitrogens is 1. The van der Waals surface area contributed by atoms with E-state index in [-0.39, 0.29) is 6.61 Å². The van der Waals surface area contributed by atoms with Crippen LogP contribution in [0, 0.1) is 6.92 Å². The largest absolute Gasteiger partial charge is 0.347 e. The summed E-state index contributed by atoms with van der Waals surface area (Å²) in [4.78, 5) is 42.5. The summed E-state index contributed by atoms with van der Waals surface area (Å²) in [5, 5.41) is 0. The normalized spacial score (nSPS) is 23.7. The van der Waals surface area contributed by atoms with E-state index in [2.05, 4.69) is 4.98 Å². The second kappa shape index (κ2) is 5.03. The molecule has 2 rings (SSSR count). The number of nitrogens with zero attached hydrogens (tertiary/aromatic N) is 1. The lowest BCUT2D eigenvalue weighted by Gasteiger charge is -2.14. The van der Waals surface area contributed by atoms with Gasteiger partial charge in [-0.1, -0.05) is 0 Å². The molecule has 1 aliphatic rings. The summed E-state index contributed by atoms with van der Waals surface area (Å²) in [5.74, 6) is 0. The minimum absolute atomic E-state index is 0.0317. The van der Waals surface area contributed by atoms with Gasteiger partial charge in [0.1, 0.15) is 6.16 Å². The lowest BCUT2D eigenvalue weighted by atomic mass is 10.4. The van der Waals surface area contributed by atoms with Crippen LogP contribution < -0.4 is 11.2 Å². The summed E-state index contributed by atoms with van der Waals surface area (Å²) in [6, 6.07) is 0. The maximum atomic E-state index is 11.6. The number of aromatic amines is 1. The van der Waals surface area contributed by atoms with Crippen LogP contribution in [0.2, 0.25) is 0 Å². The first-order chi connectivity index (χ1) is 8.76. The van der Waals surface area contributed by atoms with Crippen molar-refractivity contribution in [2.75, 3.05) is 12.8 Å². The average Bonchev–Trinajstić information content (AvgIpc) is 2.69. The van der Waals surface area contributed by atoms with E-state index in [1.165, 1.54) is 13.1 Å². The zero-order valence-corrected chi connectivity index (χ0v) is 10.9. The highest BCUT2D eigenvalue weighted by Crippen LogP contribution is 2.38. The van der Waals surface area contributed by atoms with Gasteiger partial charge in [-0.05, 0) is 6.92 Å². The molecule has 106 valence electrons. The highest BCUT2D eigenvalue weighted by atomic mass is 31.2. The third kappa shape index (κ3) is 3.40. The molecule has 0 spiro atoms. The van der Waals surface area contributed by atoms with Gasteiger partial charge < -0.3 is 19.3 Å². The van der Waals surface area contributed by atoms with Gasteiger partial charge in [-0.15, -0.1) is 0 Å². The number of hydrogen-bond donors (Lipinski definition) is 3. The summed E-state index contributed by atoms with van der Waals surface area (Å²) < 4.78 is 22.2. The van der Waals surface area contributed by atoms with Gasteiger partial charge in [-0.2, -0.15) is 0 Å². The molecule has 0 amide bonds. The zero-order chi connectivity index (χ0) is 14.2. The zero-order valence-electron chi connectivity index (χ0n) is 9.98. The van der Waals surface area contributed by atoms with Gasteiger partial charge in [0.05, 0.1) is 6.61 Å². The van der Waals surface area contributed by atoms with Crippen LogP contribution in [0.15, 0.2) is 15.8 Å². The molecule has 19 heavy (non-hydrogen) atoms. The van der Waals surface area contributed by atoms with Crippen molar-refractivity contribution in [3.63, 3.8) is 0 Å². The number of hydrogen-bond acceptors (Lipinski definition) is 5. The van der Waals surface area contributed by atoms with Crippen LogP contribution >= 0.6 is 7.60 Å². The molecule has 0 aliphatic carbocycles. The molecule has 1 aliphatic heterocycles. The lowest BCUT2D eigenvalue weighted by Crippen LogP contribution is -2.34. The summed E-state index contributed by atoms with van der Waals surface area (Å²) in [5.41, 5.74) is -0.838. The lowest BCUT2D eigenvalue weighted by molar-refractivity contribution is -0.0577. The van der Waals surface area contributed by atoms with E-state index in [1.807, 2.05) is 0 Å². The Morgan fingerprint density at radius 3 is 2.84 bits per heavy atom. The standard InChI is InChI=1S/C9H13N2O7P/c1-5-2-11(9(13)10-8(5)12)6-3-17-7(18-6)4-19(14,15)16/h2,6-7H,3-4H2,1H3,(H,10,12,13)(H2,14,15,16)/t6-,7-/m1/s1. The van der Waals surface area contributed by atoms with Gasteiger partial charge in [-0.25, -0.2) is 4.79 Å². The maximum Gasteiger partial charge on any atom is 0.330 e. The summed E-state index contributed by atoms with van der Waals surface area (Å²) in [6.45, 7) is 1.49. The second-order valence-corrected chi connectivity index (χ2v) is 5.87. The number of ether oxygens (including phenoxy) is 2. The summed E-state index contributed by atoms with van der Waals surface area (Å²) in [6.07, 6.45) is -1.17. The van der Waals surface area contributed by atoms with E-state index in [9.17, 15) is 14.2 Å². The van der Waals surface area contributed by atoms with Gasteiger partial charge in [0, 0.05) is 11.8 Å². The molecule has 1 saturated heterocycles. The van der Waals surface area contributed by atoms with Crippen molar-refractivity contribution < 1.29 is 23.8 Å². The molecule has 1 aromatic heterocycles. The van der Waals surface area contributed by atoms with Crippen molar-refractivity contribution in [1.82, 2.24) is 9.55 Å². The first-order valence-electron chi connectivity index (χ1n) is 5.40. The van der Waals surface area contributed by atoms with E-state index in [0.29, 0.717) is 5.56 Å². The van der Waals surface area contributed by atoms with E-state index in [1.54, 1.807) is 0 Å². The molecule has 0 radical (unpaired) electrons. The van der Waals surface area contributed by atoms with E-state index in [0.717, 1.165) is 4.57 Å². The van der Waals surface area contributed by atoms with Crippen LogP contribution in [0.5, 0.6) is 0 Å². The predicted molar refractivity (Wildman–Crippen MR) is 62.8 cm³/mol. The Bertz CT molecular complexity index is 630. The van der Waals surface area contributed by atoms with Gasteiger partial charge in [0.2, 0.25) is 0 Å². The minimum atomic E-state index is -4.26. The van der Waals surface area contributed by atoms with Crippen LogP contribution in [0.25, 0.3) is 0 Å². The van der Waals surface area contributed by atoms with Crippen molar-refractivity contribution in [2.45, 2.75) is 19.4 Å². The third-order valence-electron chi connectivity index (χ3n) is 2.58. The number of aromatic nitrogens is 2. The molecule has 10 heteroatoms. The Hall–Kier alpha value is -1.25. The smallest absolute Gasteiger partial charge is 0.330 e. The van der Waals surface area contributed by atoms with Gasteiger partial charge >= 0.3 is 13.3 Å². The molecule has 1 aromatic rings. The number of aryl methyl sites for hydroxylation is 1. The Morgan fingerprint density at radius 2 is 2.21 bits per heavy atom. The van der Waals surface area contributed by atoms with Gasteiger partial charge in [0.25, 0.3) is 5.56 Å². The average molecular weight is 292 g/mol. The van der Waals surface area contributed by atoms with Crippen molar-refractivity contribution in [2.24, 2.45) is 0 Å². The monoisotopic (exact) mass is 292 g/mol. The van der Waals surface area contributed by atoms with Crippen LogP contribution in [0.4, 0.5) is 0 Å². The molecule has 2 atom stereocenters. The highest BCUT2D eigenvalue weighted by Gasteiger charge is 2.33. The second-order valence-electron chi connectivity index (χ2n) is 4.18. The molecule has 0 unspecified atom stereocenters. The fraction of sp³-hybridized carbons (Fsp3) is 0.556. The third-order valence-corrected chi connectivity index (χ3v) is 3.35. The van der Waals surface area contributed by atoms with E-state index < -0.39 is 37.5 Å². The van der Waals surface area contributed by atoms with Crippen LogP contribution in [0.3, 0.4) is 0 Å². The Balaban J connectivity index is 2.18. The topological polar surface area (TPSA) is 131 Å². The summed E-state index contributed by atoms with van der Waals surface area (Å²) in [7, 11) is -4.26. The first-order valence-corrected chi connectivity index (χ1v) is 7.20. The van der Waals surface area contributed by atoms with Crippen LogP contribution in [-0.4, -0.2) is 38.4 Å². The molecule has 0 saturated carbocycles. The quantitative estimate of drug-likeness (QED) is 0.602. The van der Waals surface area contributed by atoms with Crippen molar-refractivity contribution in [3.8, 4) is 0 Å². The van der Waals surface area contributed by atoms with Crippen molar-refractivity contribution >= 4 is 7.60 Å². The SMILES string of the molecule is Cc1cn([C@H]2CO[C@@H](CP(=O)(O)O)O2)c(=O)[nH]c1=O. The van der Waals surface area contributed by atoms with Gasteiger partial charge in [0.15, 0.2) is 12.5 Å². The predicted octanol–water partition coefficient (Wildman–Crippen LogP) is -1.11. The molecule has 0 bridgehead atoms. The fourth-order valence-electron chi connectivity index (χ4n) is 1.68. The van der Waals surface area contributed by atoms with E-state index in [4.69, 9.17) is 19.3 Å². The van der Waals surface area contributed by atoms with Crippen molar-refractivity contribution in [1.29, 1.82) is 0 Å². The molecule has 3 N–H and O–H groups in total. The molecule has 0 aromatic carbocycles. The molecule has 2 heterocycles. The maximum absolute atomic E-state index is 11.6. The molecule has 1 fully saturated rings. The first kappa shape index (κ1) is 14.2. The Labute approximate surface area is 107 Å². The fourth-order valence-corrected chi connectivity index (χ4v) is 2.26. The summed E-state index contributed by atoms with van der Waals surface area (Å²) >= 11 is 0.